The highest BCUT2D eigenvalue weighted by Crippen LogP contribution is 2.23. The molecule has 2 aromatic carbocycles. The van der Waals surface area contributed by atoms with Crippen molar-refractivity contribution in [2.75, 3.05) is 7.05 Å². The van der Waals surface area contributed by atoms with Gasteiger partial charge in [0.15, 0.2) is 0 Å². The monoisotopic (exact) mass is 409 g/mol. The zero-order valence-electron chi connectivity index (χ0n) is 14.2. The van der Waals surface area contributed by atoms with Crippen LogP contribution in [0.15, 0.2) is 51.7 Å². The van der Waals surface area contributed by atoms with Crippen molar-refractivity contribution < 1.29 is 13.6 Å². The molecule has 0 saturated carbocycles. The van der Waals surface area contributed by atoms with Crippen molar-refractivity contribution in [3.8, 4) is 11.5 Å². The summed E-state index contributed by atoms with van der Waals surface area (Å²) in [7, 11) is 1.59. The van der Waals surface area contributed by atoms with Crippen molar-refractivity contribution in [1.82, 2.24) is 14.7 Å². The van der Waals surface area contributed by atoms with Gasteiger partial charge in [0.2, 0.25) is 11.8 Å². The lowest BCUT2D eigenvalue weighted by molar-refractivity contribution is -0.131. The molecule has 9 heteroatoms. The van der Waals surface area contributed by atoms with Crippen LogP contribution in [0.5, 0.6) is 0 Å². The number of hydrogen-bond donors (Lipinski definition) is 0. The first-order valence-electron chi connectivity index (χ1n) is 7.85. The zero-order chi connectivity index (χ0) is 19.6. The minimum absolute atomic E-state index is 0.0138. The highest BCUT2D eigenvalue weighted by Gasteiger charge is 2.16. The highest BCUT2D eigenvalue weighted by molar-refractivity contribution is 6.42. The Morgan fingerprint density at radius 3 is 2.56 bits per heavy atom. The molecular weight excluding hydrogens is 396 g/mol. The van der Waals surface area contributed by atoms with Crippen molar-refractivity contribution >= 4 is 29.1 Å². The van der Waals surface area contributed by atoms with Crippen molar-refractivity contribution in [3.63, 3.8) is 0 Å². The van der Waals surface area contributed by atoms with Gasteiger partial charge in [0.05, 0.1) is 10.0 Å². The normalized spacial score (nSPS) is 10.8. The minimum atomic E-state index is -0.773. The summed E-state index contributed by atoms with van der Waals surface area (Å²) in [5.41, 5.74) is 1.23. The predicted molar refractivity (Wildman–Crippen MR) is 99.1 cm³/mol. The Hall–Kier alpha value is -2.64. The van der Waals surface area contributed by atoms with E-state index < -0.39 is 11.6 Å². The van der Waals surface area contributed by atoms with Gasteiger partial charge in [0.1, 0.15) is 12.4 Å². The number of likely N-dealkylation sites (N-methyl/N-ethyl adjacent to an activating group) is 1. The number of carbonyl (C=O) groups excluding carboxylic acids is 1. The molecule has 0 aliphatic rings. The number of rotatable bonds is 5. The summed E-state index contributed by atoms with van der Waals surface area (Å²) in [6.07, 6.45) is 0. The molecule has 0 aliphatic heterocycles. The van der Waals surface area contributed by atoms with E-state index in [9.17, 15) is 14.0 Å². The summed E-state index contributed by atoms with van der Waals surface area (Å²) in [6.45, 7) is -0.00546. The van der Waals surface area contributed by atoms with Crippen LogP contribution >= 0.6 is 23.2 Å². The van der Waals surface area contributed by atoms with Gasteiger partial charge in [-0.1, -0.05) is 29.3 Å². The number of carbonyl (C=O) groups is 1. The molecule has 3 rings (SSSR count). The second-order valence-corrected chi connectivity index (χ2v) is 6.65. The van der Waals surface area contributed by atoms with E-state index in [1.165, 1.54) is 29.2 Å². The highest BCUT2D eigenvalue weighted by atomic mass is 35.5. The van der Waals surface area contributed by atoms with Crippen LogP contribution in [0.1, 0.15) is 5.56 Å². The molecule has 27 heavy (non-hydrogen) atoms. The summed E-state index contributed by atoms with van der Waals surface area (Å²) in [5, 5.41) is 4.82. The van der Waals surface area contributed by atoms with Crippen molar-refractivity contribution in [3.05, 3.63) is 74.4 Å². The van der Waals surface area contributed by atoms with E-state index in [4.69, 9.17) is 27.6 Å². The third-order valence-electron chi connectivity index (χ3n) is 3.81. The van der Waals surface area contributed by atoms with Crippen LogP contribution in [0.3, 0.4) is 0 Å². The Balaban J connectivity index is 1.70. The van der Waals surface area contributed by atoms with Gasteiger partial charge in [0.25, 0.3) is 0 Å². The number of aromatic nitrogens is 2. The van der Waals surface area contributed by atoms with E-state index >= 15 is 0 Å². The molecule has 0 spiro atoms. The summed E-state index contributed by atoms with van der Waals surface area (Å²) >= 11 is 11.8. The van der Waals surface area contributed by atoms with Crippen LogP contribution in [0.4, 0.5) is 4.39 Å². The van der Waals surface area contributed by atoms with Gasteiger partial charge >= 0.3 is 5.76 Å². The van der Waals surface area contributed by atoms with Crippen molar-refractivity contribution in [2.45, 2.75) is 13.1 Å². The number of hydrogen-bond acceptors (Lipinski definition) is 4. The predicted octanol–water partition coefficient (Wildman–Crippen LogP) is 3.61. The first kappa shape index (κ1) is 19.1. The number of benzene rings is 2. The summed E-state index contributed by atoms with van der Waals surface area (Å²) in [5.74, 6) is -1.52. The fraction of sp³-hybridized carbons (Fsp3) is 0.167. The maximum Gasteiger partial charge on any atom is 0.437 e. The molecule has 3 aromatic rings. The Bertz CT molecular complexity index is 1030. The average molecular weight is 410 g/mol. The minimum Gasteiger partial charge on any atom is -0.388 e. The van der Waals surface area contributed by atoms with E-state index in [-0.39, 0.29) is 24.9 Å². The lowest BCUT2D eigenvalue weighted by Gasteiger charge is -2.17. The van der Waals surface area contributed by atoms with Gasteiger partial charge in [-0.3, -0.25) is 4.79 Å². The number of amides is 1. The smallest absolute Gasteiger partial charge is 0.388 e. The molecule has 140 valence electrons. The fourth-order valence-corrected chi connectivity index (χ4v) is 2.68. The third kappa shape index (κ3) is 4.56. The molecular formula is C18H14Cl2FN3O3. The van der Waals surface area contributed by atoms with E-state index in [0.717, 1.165) is 10.2 Å². The van der Waals surface area contributed by atoms with Crippen LogP contribution in [-0.4, -0.2) is 27.6 Å². The maximum absolute atomic E-state index is 13.0. The second kappa shape index (κ2) is 7.94. The summed E-state index contributed by atoms with van der Waals surface area (Å²) < 4.78 is 19.0. The van der Waals surface area contributed by atoms with Crippen molar-refractivity contribution in [1.29, 1.82) is 0 Å². The molecule has 0 atom stereocenters. The number of halogens is 3. The molecule has 1 heterocycles. The molecule has 0 bridgehead atoms. The SMILES string of the molecule is CN(Cc1ccc(Cl)c(Cl)c1)C(=O)Cn1nc(-c2ccc(F)cc2)oc1=O. The molecule has 0 fully saturated rings. The van der Waals surface area contributed by atoms with E-state index in [1.54, 1.807) is 25.2 Å². The van der Waals surface area contributed by atoms with Crippen LogP contribution in [0, 0.1) is 5.82 Å². The standard InChI is InChI=1S/C18H14Cl2FN3O3/c1-23(9-11-2-7-14(19)15(20)8-11)16(25)10-24-18(26)27-17(22-24)12-3-5-13(21)6-4-12/h2-8H,9-10H2,1H3. The van der Waals surface area contributed by atoms with Gasteiger partial charge in [-0.15, -0.1) is 5.10 Å². The average Bonchev–Trinajstić information content (AvgIpc) is 2.99. The molecule has 0 unspecified atom stereocenters. The Kier molecular flexibility index (Phi) is 5.62. The van der Waals surface area contributed by atoms with Crippen LogP contribution < -0.4 is 5.76 Å². The van der Waals surface area contributed by atoms with E-state index in [0.29, 0.717) is 15.6 Å². The maximum atomic E-state index is 13.0. The van der Waals surface area contributed by atoms with Crippen molar-refractivity contribution in [2.24, 2.45) is 0 Å². The summed E-state index contributed by atoms with van der Waals surface area (Å²) in [4.78, 5) is 25.8. The molecule has 0 radical (unpaired) electrons. The third-order valence-corrected chi connectivity index (χ3v) is 4.55. The molecule has 6 nitrogen and oxygen atoms in total. The second-order valence-electron chi connectivity index (χ2n) is 5.84. The largest absolute Gasteiger partial charge is 0.437 e. The number of nitrogens with zero attached hydrogens (tertiary/aromatic N) is 3. The van der Waals surface area contributed by atoms with Gasteiger partial charge in [-0.2, -0.15) is 4.68 Å². The zero-order valence-corrected chi connectivity index (χ0v) is 15.7. The van der Waals surface area contributed by atoms with Gasteiger partial charge < -0.3 is 9.32 Å². The first-order valence-corrected chi connectivity index (χ1v) is 8.61. The summed E-state index contributed by atoms with van der Waals surface area (Å²) in [6, 6.07) is 10.4. The Labute approximate surface area is 163 Å². The van der Waals surface area contributed by atoms with Gasteiger partial charge in [-0.05, 0) is 42.0 Å². The van der Waals surface area contributed by atoms with E-state index in [1.807, 2.05) is 0 Å². The Morgan fingerprint density at radius 1 is 1.19 bits per heavy atom. The molecule has 0 saturated heterocycles. The lowest BCUT2D eigenvalue weighted by atomic mass is 10.2. The van der Waals surface area contributed by atoms with Crippen LogP contribution in [0.25, 0.3) is 11.5 Å². The van der Waals surface area contributed by atoms with E-state index in [2.05, 4.69) is 5.10 Å². The Morgan fingerprint density at radius 2 is 1.89 bits per heavy atom. The lowest BCUT2D eigenvalue weighted by Crippen LogP contribution is -2.33. The molecule has 0 N–H and O–H groups in total. The first-order chi connectivity index (χ1) is 12.8. The quantitative estimate of drug-likeness (QED) is 0.645. The molecule has 0 aliphatic carbocycles. The van der Waals surface area contributed by atoms with Crippen LogP contribution in [-0.2, 0) is 17.9 Å². The van der Waals surface area contributed by atoms with Gasteiger partial charge in [-0.25, -0.2) is 9.18 Å². The van der Waals surface area contributed by atoms with Gasteiger partial charge in [0, 0.05) is 19.2 Å². The topological polar surface area (TPSA) is 68.3 Å². The molecule has 1 amide bonds. The molecule has 1 aromatic heterocycles. The van der Waals surface area contributed by atoms with Crippen LogP contribution in [0.2, 0.25) is 10.0 Å². The fourth-order valence-electron chi connectivity index (χ4n) is 2.36.